The summed E-state index contributed by atoms with van der Waals surface area (Å²) in [6.45, 7) is 2.20. The van der Waals surface area contributed by atoms with E-state index in [0.717, 1.165) is 35.7 Å². The van der Waals surface area contributed by atoms with Crippen LogP contribution in [0.2, 0.25) is 0 Å². The monoisotopic (exact) mass is 296 g/mol. The molecule has 3 rings (SSSR count). The first-order valence-corrected chi connectivity index (χ1v) is 7.71. The van der Waals surface area contributed by atoms with Gasteiger partial charge in [0.2, 0.25) is 0 Å². The van der Waals surface area contributed by atoms with Crippen LogP contribution in [-0.2, 0) is 0 Å². The van der Waals surface area contributed by atoms with Crippen molar-refractivity contribution in [2.45, 2.75) is 32.6 Å². The number of carbonyl (C=O) groups is 1. The minimum absolute atomic E-state index is 0.0200. The number of aromatic hydroxyl groups is 1. The van der Waals surface area contributed by atoms with Crippen molar-refractivity contribution >= 4 is 22.4 Å². The van der Waals surface area contributed by atoms with E-state index in [4.69, 9.17) is 0 Å². The fraction of sp³-hybridized carbons (Fsp3) is 0.333. The fourth-order valence-corrected chi connectivity index (χ4v) is 2.96. The zero-order valence-corrected chi connectivity index (χ0v) is 12.7. The summed E-state index contributed by atoms with van der Waals surface area (Å²) >= 11 is 0. The highest BCUT2D eigenvalue weighted by Crippen LogP contribution is 2.25. The van der Waals surface area contributed by atoms with Gasteiger partial charge in [0, 0.05) is 5.71 Å². The maximum atomic E-state index is 12.3. The van der Waals surface area contributed by atoms with E-state index in [2.05, 4.69) is 17.5 Å². The molecule has 1 aliphatic rings. The highest BCUT2D eigenvalue weighted by molar-refractivity contribution is 6.02. The molecule has 0 spiro atoms. The lowest BCUT2D eigenvalue weighted by Crippen LogP contribution is -2.22. The first-order valence-electron chi connectivity index (χ1n) is 7.71. The zero-order valence-electron chi connectivity index (χ0n) is 12.7. The number of phenolic OH excluding ortho intramolecular Hbond substituents is 1. The van der Waals surface area contributed by atoms with Gasteiger partial charge in [0.1, 0.15) is 5.75 Å². The van der Waals surface area contributed by atoms with Crippen molar-refractivity contribution in [1.29, 1.82) is 0 Å². The Bertz CT molecular complexity index is 737. The van der Waals surface area contributed by atoms with E-state index in [1.54, 1.807) is 12.1 Å². The average Bonchev–Trinajstić information content (AvgIpc) is 2.52. The van der Waals surface area contributed by atoms with Gasteiger partial charge in [-0.15, -0.1) is 0 Å². The molecule has 2 N–H and O–H groups in total. The van der Waals surface area contributed by atoms with Gasteiger partial charge in [-0.25, -0.2) is 5.43 Å². The highest BCUT2D eigenvalue weighted by atomic mass is 16.3. The van der Waals surface area contributed by atoms with Crippen LogP contribution in [-0.4, -0.2) is 16.7 Å². The van der Waals surface area contributed by atoms with Crippen molar-refractivity contribution < 1.29 is 9.90 Å². The Morgan fingerprint density at radius 1 is 1.27 bits per heavy atom. The largest absolute Gasteiger partial charge is 0.507 e. The summed E-state index contributed by atoms with van der Waals surface area (Å²) in [5.41, 5.74) is 3.87. The molecule has 0 aromatic heterocycles. The number of carbonyl (C=O) groups excluding carboxylic acids is 1. The molecule has 0 aliphatic heterocycles. The van der Waals surface area contributed by atoms with Gasteiger partial charge in [-0.05, 0) is 54.5 Å². The molecule has 0 radical (unpaired) electrons. The minimum Gasteiger partial charge on any atom is -0.507 e. The third-order valence-corrected chi connectivity index (χ3v) is 4.17. The SMILES string of the molecule is CC1CCC/C(=N/NC(=O)c2cc3ccccc3cc2O)C1. The molecule has 4 nitrogen and oxygen atoms in total. The van der Waals surface area contributed by atoms with Gasteiger partial charge in [-0.3, -0.25) is 4.79 Å². The van der Waals surface area contributed by atoms with Crippen LogP contribution in [0.25, 0.3) is 10.8 Å². The Balaban J connectivity index is 1.80. The molecule has 1 fully saturated rings. The standard InChI is InChI=1S/C18H20N2O2/c1-12-5-4-8-15(9-12)19-20-18(22)16-10-13-6-2-3-7-14(13)11-17(16)21/h2-3,6-7,10-12,21H,4-5,8-9H2,1H3,(H,20,22)/b19-15-. The lowest BCUT2D eigenvalue weighted by Gasteiger charge is -2.19. The van der Waals surface area contributed by atoms with Crippen LogP contribution in [0.3, 0.4) is 0 Å². The summed E-state index contributed by atoms with van der Waals surface area (Å²) in [6, 6.07) is 10.9. The molecule has 1 amide bonds. The van der Waals surface area contributed by atoms with E-state index in [-0.39, 0.29) is 17.2 Å². The number of rotatable bonds is 2. The number of nitrogens with zero attached hydrogens (tertiary/aromatic N) is 1. The molecule has 1 atom stereocenters. The third-order valence-electron chi connectivity index (χ3n) is 4.17. The van der Waals surface area contributed by atoms with Crippen LogP contribution >= 0.6 is 0 Å². The Kier molecular flexibility index (Phi) is 4.09. The summed E-state index contributed by atoms with van der Waals surface area (Å²) in [5, 5.41) is 16.1. The quantitative estimate of drug-likeness (QED) is 0.827. The van der Waals surface area contributed by atoms with E-state index in [0.29, 0.717) is 5.92 Å². The number of hydrazone groups is 1. The number of nitrogens with one attached hydrogen (secondary N) is 1. The molecule has 2 aromatic rings. The summed E-state index contributed by atoms with van der Waals surface area (Å²) in [4.78, 5) is 12.3. The van der Waals surface area contributed by atoms with E-state index in [1.165, 1.54) is 6.42 Å². The molecule has 0 bridgehead atoms. The van der Waals surface area contributed by atoms with E-state index in [9.17, 15) is 9.90 Å². The van der Waals surface area contributed by atoms with Crippen LogP contribution in [0.4, 0.5) is 0 Å². The lowest BCUT2D eigenvalue weighted by atomic mass is 9.89. The number of hydrogen-bond acceptors (Lipinski definition) is 3. The van der Waals surface area contributed by atoms with Crippen LogP contribution in [0.15, 0.2) is 41.5 Å². The third kappa shape index (κ3) is 3.11. The van der Waals surface area contributed by atoms with Crippen molar-refractivity contribution in [2.24, 2.45) is 11.0 Å². The van der Waals surface area contributed by atoms with E-state index in [1.807, 2.05) is 24.3 Å². The van der Waals surface area contributed by atoms with Gasteiger partial charge in [-0.1, -0.05) is 31.2 Å². The van der Waals surface area contributed by atoms with Crippen LogP contribution in [0.5, 0.6) is 5.75 Å². The number of benzene rings is 2. The number of fused-ring (bicyclic) bond motifs is 1. The normalized spacial score (nSPS) is 20.2. The molecule has 1 unspecified atom stereocenters. The van der Waals surface area contributed by atoms with Crippen LogP contribution in [0, 0.1) is 5.92 Å². The summed E-state index contributed by atoms with van der Waals surface area (Å²) < 4.78 is 0. The molecular formula is C18H20N2O2. The Hall–Kier alpha value is -2.36. The molecule has 0 heterocycles. The first kappa shape index (κ1) is 14.6. The van der Waals surface area contributed by atoms with Crippen molar-refractivity contribution in [1.82, 2.24) is 5.43 Å². The second-order valence-corrected chi connectivity index (χ2v) is 6.04. The second kappa shape index (κ2) is 6.18. The van der Waals surface area contributed by atoms with Gasteiger partial charge in [0.15, 0.2) is 0 Å². The number of phenols is 1. The topological polar surface area (TPSA) is 61.7 Å². The van der Waals surface area contributed by atoms with Crippen molar-refractivity contribution in [3.05, 3.63) is 42.0 Å². The molecule has 0 saturated heterocycles. The highest BCUT2D eigenvalue weighted by Gasteiger charge is 2.16. The Morgan fingerprint density at radius 3 is 2.73 bits per heavy atom. The maximum Gasteiger partial charge on any atom is 0.275 e. The molecule has 1 aliphatic carbocycles. The second-order valence-electron chi connectivity index (χ2n) is 6.04. The van der Waals surface area contributed by atoms with Gasteiger partial charge in [-0.2, -0.15) is 5.10 Å². The summed E-state index contributed by atoms with van der Waals surface area (Å²) in [5.74, 6) is 0.237. The van der Waals surface area contributed by atoms with Crippen LogP contribution in [0.1, 0.15) is 43.0 Å². The van der Waals surface area contributed by atoms with Crippen molar-refractivity contribution in [3.8, 4) is 5.75 Å². The Labute approximate surface area is 129 Å². The van der Waals surface area contributed by atoms with Gasteiger partial charge >= 0.3 is 0 Å². The number of hydrogen-bond donors (Lipinski definition) is 2. The van der Waals surface area contributed by atoms with Gasteiger partial charge < -0.3 is 5.11 Å². The van der Waals surface area contributed by atoms with Crippen molar-refractivity contribution in [3.63, 3.8) is 0 Å². The van der Waals surface area contributed by atoms with Crippen molar-refractivity contribution in [2.75, 3.05) is 0 Å². The van der Waals surface area contributed by atoms with Gasteiger partial charge in [0.25, 0.3) is 5.91 Å². The molecule has 114 valence electrons. The molecule has 4 heteroatoms. The fourth-order valence-electron chi connectivity index (χ4n) is 2.96. The minimum atomic E-state index is -0.367. The Morgan fingerprint density at radius 2 is 2.00 bits per heavy atom. The summed E-state index contributed by atoms with van der Waals surface area (Å²) in [6.07, 6.45) is 4.22. The molecular weight excluding hydrogens is 276 g/mol. The molecule has 2 aromatic carbocycles. The maximum absolute atomic E-state index is 12.3. The summed E-state index contributed by atoms with van der Waals surface area (Å²) in [7, 11) is 0. The smallest absolute Gasteiger partial charge is 0.275 e. The predicted octanol–water partition coefficient (Wildman–Crippen LogP) is 3.84. The lowest BCUT2D eigenvalue weighted by molar-refractivity contribution is 0.0952. The molecule has 1 saturated carbocycles. The molecule has 22 heavy (non-hydrogen) atoms. The first-order chi connectivity index (χ1) is 10.6. The number of amides is 1. The predicted molar refractivity (Wildman–Crippen MR) is 88.1 cm³/mol. The van der Waals surface area contributed by atoms with Crippen LogP contribution < -0.4 is 5.43 Å². The van der Waals surface area contributed by atoms with E-state index < -0.39 is 0 Å². The van der Waals surface area contributed by atoms with E-state index >= 15 is 0 Å². The van der Waals surface area contributed by atoms with Gasteiger partial charge in [0.05, 0.1) is 5.56 Å². The average molecular weight is 296 g/mol. The zero-order chi connectivity index (χ0) is 15.5.